The molecule has 0 amide bonds. The van der Waals surface area contributed by atoms with Crippen molar-refractivity contribution in [1.29, 1.82) is 0 Å². The molecule has 1 saturated heterocycles. The van der Waals surface area contributed by atoms with Gasteiger partial charge in [0.15, 0.2) is 0 Å². The summed E-state index contributed by atoms with van der Waals surface area (Å²) in [6, 6.07) is 4.34. The van der Waals surface area contributed by atoms with Gasteiger partial charge in [-0.05, 0) is 31.5 Å². The van der Waals surface area contributed by atoms with Gasteiger partial charge in [-0.1, -0.05) is 6.92 Å². The molecule has 0 radical (unpaired) electrons. The highest BCUT2D eigenvalue weighted by Crippen LogP contribution is 2.18. The largest absolute Gasteiger partial charge is 0.376 e. The first-order chi connectivity index (χ1) is 8.38. The van der Waals surface area contributed by atoms with Crippen molar-refractivity contribution >= 4 is 11.3 Å². The topological polar surface area (TPSA) is 30.5 Å². The van der Waals surface area contributed by atoms with Crippen molar-refractivity contribution in [2.24, 2.45) is 0 Å². The van der Waals surface area contributed by atoms with Gasteiger partial charge in [-0.3, -0.25) is 0 Å². The van der Waals surface area contributed by atoms with Gasteiger partial charge in [0.2, 0.25) is 0 Å². The van der Waals surface area contributed by atoms with Gasteiger partial charge >= 0.3 is 0 Å². The first-order valence-electron chi connectivity index (χ1n) is 6.36. The molecule has 0 aromatic carbocycles. The van der Waals surface area contributed by atoms with Crippen molar-refractivity contribution < 1.29 is 9.47 Å². The van der Waals surface area contributed by atoms with Gasteiger partial charge in [0.05, 0.1) is 19.3 Å². The maximum atomic E-state index is 5.69. The first-order valence-corrected chi connectivity index (χ1v) is 7.17. The van der Waals surface area contributed by atoms with Crippen LogP contribution in [0.5, 0.6) is 0 Å². The van der Waals surface area contributed by atoms with Crippen LogP contribution >= 0.6 is 11.3 Å². The highest BCUT2D eigenvalue weighted by atomic mass is 32.1. The molecule has 0 spiro atoms. The molecular weight excluding hydrogens is 234 g/mol. The van der Waals surface area contributed by atoms with Crippen molar-refractivity contribution in [3.63, 3.8) is 0 Å². The van der Waals surface area contributed by atoms with Crippen LogP contribution < -0.4 is 5.32 Å². The van der Waals surface area contributed by atoms with Crippen molar-refractivity contribution in [1.82, 2.24) is 5.32 Å². The molecule has 1 aromatic rings. The minimum atomic E-state index is 0.330. The van der Waals surface area contributed by atoms with Crippen LogP contribution in [-0.2, 0) is 22.6 Å². The second-order valence-corrected chi connectivity index (χ2v) is 5.55. The second-order valence-electron chi connectivity index (χ2n) is 4.30. The highest BCUT2D eigenvalue weighted by Gasteiger charge is 2.15. The molecule has 96 valence electrons. The maximum Gasteiger partial charge on any atom is 0.0810 e. The molecule has 0 bridgehead atoms. The first kappa shape index (κ1) is 13.0. The molecular formula is C13H21NO2S. The van der Waals surface area contributed by atoms with Crippen molar-refractivity contribution in [2.75, 3.05) is 19.8 Å². The second kappa shape index (κ2) is 7.11. The zero-order valence-corrected chi connectivity index (χ0v) is 11.2. The van der Waals surface area contributed by atoms with E-state index in [9.17, 15) is 0 Å². The summed E-state index contributed by atoms with van der Waals surface area (Å²) in [4.78, 5) is 2.68. The van der Waals surface area contributed by atoms with Crippen molar-refractivity contribution in [2.45, 2.75) is 39.0 Å². The van der Waals surface area contributed by atoms with E-state index in [2.05, 4.69) is 24.4 Å². The zero-order valence-electron chi connectivity index (χ0n) is 10.4. The normalized spacial score (nSPS) is 19.9. The summed E-state index contributed by atoms with van der Waals surface area (Å²) < 4.78 is 11.2. The van der Waals surface area contributed by atoms with E-state index in [4.69, 9.17) is 9.47 Å². The maximum absolute atomic E-state index is 5.69. The molecule has 2 heterocycles. The lowest BCUT2D eigenvalue weighted by atomic mass is 10.2. The number of nitrogens with one attached hydrogen (secondary N) is 1. The quantitative estimate of drug-likeness (QED) is 0.812. The zero-order chi connectivity index (χ0) is 11.9. The Kier molecular flexibility index (Phi) is 5.45. The lowest BCUT2D eigenvalue weighted by molar-refractivity contribution is 0.0114. The fraction of sp³-hybridized carbons (Fsp3) is 0.692. The smallest absolute Gasteiger partial charge is 0.0810 e. The fourth-order valence-electron chi connectivity index (χ4n) is 1.91. The van der Waals surface area contributed by atoms with Crippen LogP contribution in [0.3, 0.4) is 0 Å². The van der Waals surface area contributed by atoms with Crippen molar-refractivity contribution in [3.8, 4) is 0 Å². The molecule has 2 rings (SSSR count). The summed E-state index contributed by atoms with van der Waals surface area (Å²) in [6.07, 6.45) is 2.66. The Hall–Kier alpha value is -0.420. The Morgan fingerprint density at radius 2 is 2.35 bits per heavy atom. The molecule has 1 atom stereocenters. The third-order valence-corrected chi connectivity index (χ3v) is 3.90. The number of thiophene rings is 1. The summed E-state index contributed by atoms with van der Waals surface area (Å²) in [5, 5.41) is 3.33. The molecule has 0 saturated carbocycles. The van der Waals surface area contributed by atoms with E-state index in [1.54, 1.807) is 0 Å². The SMILES string of the molecule is CCNCc1ccc(COCC2CCCO2)s1. The molecule has 1 N–H and O–H groups in total. The van der Waals surface area contributed by atoms with Gasteiger partial charge in [-0.15, -0.1) is 11.3 Å². The van der Waals surface area contributed by atoms with Gasteiger partial charge < -0.3 is 14.8 Å². The van der Waals surface area contributed by atoms with E-state index >= 15 is 0 Å². The molecule has 1 aromatic heterocycles. The monoisotopic (exact) mass is 255 g/mol. The number of hydrogen-bond donors (Lipinski definition) is 1. The third-order valence-electron chi connectivity index (χ3n) is 2.84. The van der Waals surface area contributed by atoms with E-state index in [0.717, 1.165) is 39.3 Å². The molecule has 3 nitrogen and oxygen atoms in total. The van der Waals surface area contributed by atoms with Crippen LogP contribution in [0.15, 0.2) is 12.1 Å². The Morgan fingerprint density at radius 1 is 1.47 bits per heavy atom. The average Bonchev–Trinajstić information content (AvgIpc) is 2.98. The van der Waals surface area contributed by atoms with Gasteiger partial charge in [0.1, 0.15) is 0 Å². The summed E-state index contributed by atoms with van der Waals surface area (Å²) in [5.41, 5.74) is 0. The lowest BCUT2D eigenvalue weighted by Gasteiger charge is -2.08. The fourth-order valence-corrected chi connectivity index (χ4v) is 2.84. The average molecular weight is 255 g/mol. The lowest BCUT2D eigenvalue weighted by Crippen LogP contribution is -2.13. The van der Waals surface area contributed by atoms with Gasteiger partial charge in [0.25, 0.3) is 0 Å². The predicted octanol–water partition coefficient (Wildman–Crippen LogP) is 2.55. The van der Waals surface area contributed by atoms with Crippen LogP contribution in [-0.4, -0.2) is 25.9 Å². The molecule has 1 aliphatic heterocycles. The third kappa shape index (κ3) is 4.39. The standard InChI is InChI=1S/C13H21NO2S/c1-2-14-8-12-5-6-13(17-12)10-15-9-11-4-3-7-16-11/h5-6,11,14H,2-4,7-10H2,1H3. The Bertz CT molecular complexity index is 321. The Balaban J connectivity index is 1.65. The molecule has 0 aliphatic carbocycles. The predicted molar refractivity (Wildman–Crippen MR) is 70.3 cm³/mol. The molecule has 17 heavy (non-hydrogen) atoms. The van der Waals surface area contributed by atoms with E-state index in [1.807, 2.05) is 11.3 Å². The molecule has 1 aliphatic rings. The van der Waals surface area contributed by atoms with E-state index < -0.39 is 0 Å². The van der Waals surface area contributed by atoms with Crippen LogP contribution in [0.2, 0.25) is 0 Å². The van der Waals surface area contributed by atoms with Crippen molar-refractivity contribution in [3.05, 3.63) is 21.9 Å². The Morgan fingerprint density at radius 3 is 3.12 bits per heavy atom. The number of ether oxygens (including phenoxy) is 2. The van der Waals surface area contributed by atoms with Crippen LogP contribution in [0.1, 0.15) is 29.5 Å². The number of hydrogen-bond acceptors (Lipinski definition) is 4. The van der Waals surface area contributed by atoms with Gasteiger partial charge in [0, 0.05) is 22.9 Å². The van der Waals surface area contributed by atoms with Gasteiger partial charge in [-0.2, -0.15) is 0 Å². The molecule has 1 unspecified atom stereocenters. The highest BCUT2D eigenvalue weighted by molar-refractivity contribution is 7.11. The van der Waals surface area contributed by atoms with Crippen LogP contribution in [0, 0.1) is 0 Å². The molecule has 1 fully saturated rings. The van der Waals surface area contributed by atoms with Gasteiger partial charge in [-0.25, -0.2) is 0 Å². The minimum Gasteiger partial charge on any atom is -0.376 e. The minimum absolute atomic E-state index is 0.330. The number of rotatable bonds is 7. The van der Waals surface area contributed by atoms with E-state index in [0.29, 0.717) is 6.10 Å². The van der Waals surface area contributed by atoms with Crippen LogP contribution in [0.4, 0.5) is 0 Å². The molecule has 4 heteroatoms. The summed E-state index contributed by atoms with van der Waals surface area (Å²) in [5.74, 6) is 0. The Labute approximate surface area is 107 Å². The summed E-state index contributed by atoms with van der Waals surface area (Å²) in [7, 11) is 0. The van der Waals surface area contributed by atoms with E-state index in [-0.39, 0.29) is 0 Å². The summed E-state index contributed by atoms with van der Waals surface area (Å²) >= 11 is 1.83. The van der Waals surface area contributed by atoms with Crippen LogP contribution in [0.25, 0.3) is 0 Å². The summed E-state index contributed by atoms with van der Waals surface area (Å²) in [6.45, 7) is 6.46. The van der Waals surface area contributed by atoms with E-state index in [1.165, 1.54) is 16.2 Å².